The minimum atomic E-state index is -0.111. The molecule has 0 bridgehead atoms. The molecule has 0 atom stereocenters. The maximum Gasteiger partial charge on any atom is 0.270 e. The van der Waals surface area contributed by atoms with E-state index in [1.165, 1.54) is 0 Å². The second-order valence-electron chi connectivity index (χ2n) is 4.26. The van der Waals surface area contributed by atoms with Crippen LogP contribution in [-0.2, 0) is 0 Å². The first-order valence-electron chi connectivity index (χ1n) is 5.27. The lowest BCUT2D eigenvalue weighted by Crippen LogP contribution is -2.30. The number of hydrogen-bond acceptors (Lipinski definition) is 2. The van der Waals surface area contributed by atoms with E-state index in [0.29, 0.717) is 11.6 Å². The maximum atomic E-state index is 11.6. The van der Waals surface area contributed by atoms with Crippen molar-refractivity contribution in [2.24, 2.45) is 0 Å². The summed E-state index contributed by atoms with van der Waals surface area (Å²) in [4.78, 5) is 15.7. The summed E-state index contributed by atoms with van der Waals surface area (Å²) in [5.41, 5.74) is 1.63. The zero-order valence-electron chi connectivity index (χ0n) is 9.74. The van der Waals surface area contributed by atoms with Gasteiger partial charge in [-0.2, -0.15) is 0 Å². The Labute approximate surface area is 90.9 Å². The van der Waals surface area contributed by atoms with Gasteiger partial charge in [0.15, 0.2) is 0 Å². The van der Waals surface area contributed by atoms with Crippen molar-refractivity contribution < 1.29 is 4.79 Å². The highest BCUT2D eigenvalue weighted by Gasteiger charge is 2.08. The number of hydrogen-bond donors (Lipinski definition) is 1. The topological polar surface area (TPSA) is 42.0 Å². The molecule has 0 unspecified atom stereocenters. The average molecular weight is 206 g/mol. The molecule has 82 valence electrons. The van der Waals surface area contributed by atoms with Gasteiger partial charge in [-0.05, 0) is 31.4 Å². The Morgan fingerprint density at radius 1 is 1.27 bits per heavy atom. The van der Waals surface area contributed by atoms with Crippen molar-refractivity contribution in [2.45, 2.75) is 39.7 Å². The smallest absolute Gasteiger partial charge is 0.270 e. The lowest BCUT2D eigenvalue weighted by atomic mass is 10.1. The van der Waals surface area contributed by atoms with E-state index in [-0.39, 0.29) is 11.9 Å². The minimum Gasteiger partial charge on any atom is -0.349 e. The molecule has 1 rings (SSSR count). The van der Waals surface area contributed by atoms with Crippen molar-refractivity contribution >= 4 is 5.91 Å². The molecule has 1 aromatic rings. The van der Waals surface area contributed by atoms with Crippen molar-refractivity contribution in [2.75, 3.05) is 0 Å². The van der Waals surface area contributed by atoms with Gasteiger partial charge in [-0.15, -0.1) is 0 Å². The minimum absolute atomic E-state index is 0.111. The van der Waals surface area contributed by atoms with Crippen LogP contribution in [0, 0.1) is 0 Å². The third kappa shape index (κ3) is 3.35. The first kappa shape index (κ1) is 11.7. The fraction of sp³-hybridized carbons (Fsp3) is 0.500. The first-order valence-corrected chi connectivity index (χ1v) is 5.27. The van der Waals surface area contributed by atoms with Crippen LogP contribution in [0.5, 0.6) is 0 Å². The van der Waals surface area contributed by atoms with E-state index >= 15 is 0 Å². The number of rotatable bonds is 3. The zero-order valence-corrected chi connectivity index (χ0v) is 9.74. The van der Waals surface area contributed by atoms with Crippen LogP contribution in [-0.4, -0.2) is 16.9 Å². The van der Waals surface area contributed by atoms with Gasteiger partial charge >= 0.3 is 0 Å². The zero-order chi connectivity index (χ0) is 11.4. The molecule has 0 aliphatic rings. The molecule has 0 radical (unpaired) electrons. The van der Waals surface area contributed by atoms with E-state index in [0.717, 1.165) is 5.56 Å². The monoisotopic (exact) mass is 206 g/mol. The van der Waals surface area contributed by atoms with Crippen molar-refractivity contribution in [3.05, 3.63) is 29.6 Å². The lowest BCUT2D eigenvalue weighted by molar-refractivity contribution is 0.0938. The number of amides is 1. The Balaban J connectivity index is 2.75. The van der Waals surface area contributed by atoms with Crippen molar-refractivity contribution in [3.8, 4) is 0 Å². The third-order valence-corrected chi connectivity index (χ3v) is 2.11. The predicted molar refractivity (Wildman–Crippen MR) is 60.9 cm³/mol. The van der Waals surface area contributed by atoms with E-state index < -0.39 is 0 Å². The van der Waals surface area contributed by atoms with E-state index in [2.05, 4.69) is 24.1 Å². The molecule has 0 aliphatic carbocycles. The molecule has 15 heavy (non-hydrogen) atoms. The predicted octanol–water partition coefficient (Wildman–Crippen LogP) is 2.34. The van der Waals surface area contributed by atoms with Crippen molar-refractivity contribution in [1.29, 1.82) is 0 Å². The van der Waals surface area contributed by atoms with Gasteiger partial charge in [0.2, 0.25) is 0 Å². The average Bonchev–Trinajstić information content (AvgIpc) is 2.17. The van der Waals surface area contributed by atoms with Gasteiger partial charge in [-0.25, -0.2) is 0 Å². The Kier molecular flexibility index (Phi) is 3.83. The molecule has 3 heteroatoms. The molecule has 1 heterocycles. The van der Waals surface area contributed by atoms with Crippen LogP contribution in [0.3, 0.4) is 0 Å². The van der Waals surface area contributed by atoms with E-state index in [4.69, 9.17) is 0 Å². The number of carbonyl (C=O) groups excluding carboxylic acids is 1. The summed E-state index contributed by atoms with van der Waals surface area (Å²) in [5.74, 6) is 0.333. The molecule has 1 aromatic heterocycles. The number of pyridine rings is 1. The van der Waals surface area contributed by atoms with Gasteiger partial charge < -0.3 is 5.32 Å². The molecule has 3 nitrogen and oxygen atoms in total. The van der Waals surface area contributed by atoms with Gasteiger partial charge in [-0.3, -0.25) is 9.78 Å². The molecule has 0 spiro atoms. The lowest BCUT2D eigenvalue weighted by Gasteiger charge is -2.09. The quantitative estimate of drug-likeness (QED) is 0.824. The highest BCUT2D eigenvalue weighted by atomic mass is 16.1. The fourth-order valence-corrected chi connectivity index (χ4v) is 1.22. The first-order chi connectivity index (χ1) is 7.00. The Bertz CT molecular complexity index is 328. The molecule has 0 aromatic carbocycles. The van der Waals surface area contributed by atoms with Crippen LogP contribution in [0.4, 0.5) is 0 Å². The van der Waals surface area contributed by atoms with Crippen LogP contribution < -0.4 is 5.32 Å². The van der Waals surface area contributed by atoms with Crippen LogP contribution in [0.15, 0.2) is 18.3 Å². The summed E-state index contributed by atoms with van der Waals surface area (Å²) >= 11 is 0. The van der Waals surface area contributed by atoms with Gasteiger partial charge in [0.1, 0.15) is 5.69 Å². The second kappa shape index (κ2) is 4.91. The molecule has 1 amide bonds. The highest BCUT2D eigenvalue weighted by Crippen LogP contribution is 2.12. The summed E-state index contributed by atoms with van der Waals surface area (Å²) in [7, 11) is 0. The molecular weight excluding hydrogens is 188 g/mol. The van der Waals surface area contributed by atoms with Crippen LogP contribution >= 0.6 is 0 Å². The molecule has 0 aliphatic heterocycles. The molecule has 1 N–H and O–H groups in total. The Hall–Kier alpha value is -1.38. The van der Waals surface area contributed by atoms with E-state index in [1.807, 2.05) is 19.9 Å². The molecule has 0 saturated carbocycles. The van der Waals surface area contributed by atoms with Gasteiger partial charge in [0, 0.05) is 12.2 Å². The standard InChI is InChI=1S/C12H18N2O/c1-8(2)10-5-6-11(13-7-10)12(15)14-9(3)4/h5-9H,1-4H3,(H,14,15). The van der Waals surface area contributed by atoms with E-state index in [9.17, 15) is 4.79 Å². The van der Waals surface area contributed by atoms with E-state index in [1.54, 1.807) is 12.3 Å². The second-order valence-corrected chi connectivity index (χ2v) is 4.26. The number of aromatic nitrogens is 1. The Morgan fingerprint density at radius 3 is 2.33 bits per heavy atom. The largest absolute Gasteiger partial charge is 0.349 e. The van der Waals surface area contributed by atoms with Crippen LogP contribution in [0.25, 0.3) is 0 Å². The normalized spacial score (nSPS) is 10.8. The van der Waals surface area contributed by atoms with Crippen molar-refractivity contribution in [3.63, 3.8) is 0 Å². The summed E-state index contributed by atoms with van der Waals surface area (Å²) in [6, 6.07) is 3.86. The number of nitrogens with one attached hydrogen (secondary N) is 1. The van der Waals surface area contributed by atoms with Gasteiger partial charge in [0.25, 0.3) is 5.91 Å². The maximum absolute atomic E-state index is 11.6. The van der Waals surface area contributed by atoms with Crippen LogP contribution in [0.1, 0.15) is 49.7 Å². The number of carbonyl (C=O) groups is 1. The Morgan fingerprint density at radius 2 is 1.93 bits per heavy atom. The third-order valence-electron chi connectivity index (χ3n) is 2.11. The van der Waals surface area contributed by atoms with Crippen molar-refractivity contribution in [1.82, 2.24) is 10.3 Å². The van der Waals surface area contributed by atoms with Crippen LogP contribution in [0.2, 0.25) is 0 Å². The molecular formula is C12H18N2O. The SMILES string of the molecule is CC(C)NC(=O)c1ccc(C(C)C)cn1. The summed E-state index contributed by atoms with van der Waals surface area (Å²) < 4.78 is 0. The van der Waals surface area contributed by atoms with Gasteiger partial charge in [0.05, 0.1) is 0 Å². The molecule has 0 fully saturated rings. The number of nitrogens with zero attached hydrogens (tertiary/aromatic N) is 1. The highest BCUT2D eigenvalue weighted by molar-refractivity contribution is 5.92. The summed E-state index contributed by atoms with van der Waals surface area (Å²) in [6.07, 6.45) is 1.76. The fourth-order valence-electron chi connectivity index (χ4n) is 1.22. The summed E-state index contributed by atoms with van der Waals surface area (Å²) in [5, 5.41) is 2.81. The van der Waals surface area contributed by atoms with Gasteiger partial charge in [-0.1, -0.05) is 19.9 Å². The summed E-state index contributed by atoms with van der Waals surface area (Å²) in [6.45, 7) is 8.07. The molecule has 0 saturated heterocycles.